The van der Waals surface area contributed by atoms with Crippen LogP contribution in [0.25, 0.3) is 0 Å². The quantitative estimate of drug-likeness (QED) is 0.792. The maximum Gasteiger partial charge on any atom is 0.0684 e. The monoisotopic (exact) mass is 208 g/mol. The Bertz CT molecular complexity index is 321. The number of nitrogens with one attached hydrogen (secondary N) is 1. The Morgan fingerprint density at radius 2 is 2.07 bits per heavy atom. The highest BCUT2D eigenvalue weighted by Crippen LogP contribution is 2.22. The molecule has 0 saturated heterocycles. The predicted octanol–water partition coefficient (Wildman–Crippen LogP) is 1.85. The summed E-state index contributed by atoms with van der Waals surface area (Å²) in [7, 11) is 4.06. The van der Waals surface area contributed by atoms with Crippen molar-refractivity contribution in [2.45, 2.75) is 20.0 Å². The SMILES string of the molecule is Cc1ccc(NC[C@@H](C)O)cc1N(C)C. The summed E-state index contributed by atoms with van der Waals surface area (Å²) in [4.78, 5) is 2.09. The van der Waals surface area contributed by atoms with E-state index in [9.17, 15) is 5.11 Å². The van der Waals surface area contributed by atoms with Crippen LogP contribution in [0.2, 0.25) is 0 Å². The fourth-order valence-corrected chi connectivity index (χ4v) is 1.47. The fraction of sp³-hybridized carbons (Fsp3) is 0.500. The highest BCUT2D eigenvalue weighted by Gasteiger charge is 2.02. The third-order valence-electron chi connectivity index (χ3n) is 2.29. The maximum absolute atomic E-state index is 9.17. The van der Waals surface area contributed by atoms with Gasteiger partial charge in [-0.15, -0.1) is 0 Å². The topological polar surface area (TPSA) is 35.5 Å². The van der Waals surface area contributed by atoms with Crippen molar-refractivity contribution in [3.8, 4) is 0 Å². The molecular formula is C12H20N2O. The molecule has 0 saturated carbocycles. The molecule has 84 valence electrons. The van der Waals surface area contributed by atoms with Crippen LogP contribution < -0.4 is 10.2 Å². The zero-order chi connectivity index (χ0) is 11.4. The van der Waals surface area contributed by atoms with Gasteiger partial charge in [0.2, 0.25) is 0 Å². The van der Waals surface area contributed by atoms with E-state index < -0.39 is 0 Å². The minimum Gasteiger partial charge on any atom is -0.392 e. The van der Waals surface area contributed by atoms with E-state index >= 15 is 0 Å². The molecule has 0 spiro atoms. The van der Waals surface area contributed by atoms with Crippen LogP contribution in [0, 0.1) is 6.92 Å². The van der Waals surface area contributed by atoms with Crippen LogP contribution in [0.15, 0.2) is 18.2 Å². The van der Waals surface area contributed by atoms with Crippen LogP contribution >= 0.6 is 0 Å². The summed E-state index contributed by atoms with van der Waals surface area (Å²) in [6.07, 6.45) is -0.325. The lowest BCUT2D eigenvalue weighted by molar-refractivity contribution is 0.208. The number of aliphatic hydroxyl groups is 1. The third kappa shape index (κ3) is 3.44. The van der Waals surface area contributed by atoms with E-state index in [4.69, 9.17) is 0 Å². The molecule has 0 heterocycles. The number of hydrogen-bond donors (Lipinski definition) is 2. The number of nitrogens with zero attached hydrogens (tertiary/aromatic N) is 1. The van der Waals surface area contributed by atoms with Crippen LogP contribution in [-0.2, 0) is 0 Å². The summed E-state index contributed by atoms with van der Waals surface area (Å²) in [6.45, 7) is 4.44. The second kappa shape index (κ2) is 5.03. The van der Waals surface area contributed by atoms with Gasteiger partial charge in [0.15, 0.2) is 0 Å². The second-order valence-corrected chi connectivity index (χ2v) is 4.13. The Morgan fingerprint density at radius 1 is 1.40 bits per heavy atom. The molecule has 0 amide bonds. The van der Waals surface area contributed by atoms with Crippen LogP contribution in [0.3, 0.4) is 0 Å². The molecule has 1 aromatic rings. The van der Waals surface area contributed by atoms with Crippen molar-refractivity contribution < 1.29 is 5.11 Å². The van der Waals surface area contributed by atoms with E-state index in [1.165, 1.54) is 11.3 Å². The first kappa shape index (κ1) is 11.9. The van der Waals surface area contributed by atoms with Gasteiger partial charge in [0.1, 0.15) is 0 Å². The van der Waals surface area contributed by atoms with E-state index in [2.05, 4.69) is 29.3 Å². The van der Waals surface area contributed by atoms with Gasteiger partial charge in [-0.25, -0.2) is 0 Å². The maximum atomic E-state index is 9.17. The first-order chi connectivity index (χ1) is 7.00. The van der Waals surface area contributed by atoms with Crippen LogP contribution in [-0.4, -0.2) is 31.9 Å². The van der Waals surface area contributed by atoms with E-state index in [0.717, 1.165) is 5.69 Å². The Morgan fingerprint density at radius 3 is 2.60 bits per heavy atom. The number of aryl methyl sites for hydroxylation is 1. The van der Waals surface area contributed by atoms with Crippen molar-refractivity contribution in [3.05, 3.63) is 23.8 Å². The van der Waals surface area contributed by atoms with Gasteiger partial charge in [0, 0.05) is 32.0 Å². The molecule has 0 fully saturated rings. The van der Waals surface area contributed by atoms with Gasteiger partial charge in [0.25, 0.3) is 0 Å². The first-order valence-electron chi connectivity index (χ1n) is 5.20. The zero-order valence-electron chi connectivity index (χ0n) is 9.91. The van der Waals surface area contributed by atoms with Crippen molar-refractivity contribution in [2.24, 2.45) is 0 Å². The van der Waals surface area contributed by atoms with Crippen LogP contribution in [0.4, 0.5) is 11.4 Å². The molecule has 15 heavy (non-hydrogen) atoms. The molecule has 0 unspecified atom stereocenters. The van der Waals surface area contributed by atoms with Gasteiger partial charge in [0.05, 0.1) is 6.10 Å². The normalized spacial score (nSPS) is 12.3. The number of aliphatic hydroxyl groups excluding tert-OH is 1. The molecule has 0 aromatic heterocycles. The molecule has 0 aliphatic heterocycles. The fourth-order valence-electron chi connectivity index (χ4n) is 1.47. The van der Waals surface area contributed by atoms with Gasteiger partial charge < -0.3 is 15.3 Å². The molecule has 0 aliphatic rings. The summed E-state index contributed by atoms with van der Waals surface area (Å²) in [5, 5.41) is 12.4. The Kier molecular flexibility index (Phi) is 3.97. The Labute approximate surface area is 91.7 Å². The molecule has 1 rings (SSSR count). The summed E-state index contributed by atoms with van der Waals surface area (Å²) in [6, 6.07) is 6.21. The van der Waals surface area contributed by atoms with Gasteiger partial charge in [-0.05, 0) is 31.5 Å². The van der Waals surface area contributed by atoms with Crippen LogP contribution in [0.1, 0.15) is 12.5 Å². The number of rotatable bonds is 4. The molecular weight excluding hydrogens is 188 g/mol. The smallest absolute Gasteiger partial charge is 0.0684 e. The van der Waals surface area contributed by atoms with Crippen molar-refractivity contribution >= 4 is 11.4 Å². The Balaban J connectivity index is 2.78. The van der Waals surface area contributed by atoms with Gasteiger partial charge >= 0.3 is 0 Å². The zero-order valence-corrected chi connectivity index (χ0v) is 9.91. The molecule has 0 aliphatic carbocycles. The number of anilines is 2. The lowest BCUT2D eigenvalue weighted by Gasteiger charge is -2.17. The van der Waals surface area contributed by atoms with E-state index in [1.54, 1.807) is 6.92 Å². The van der Waals surface area contributed by atoms with Gasteiger partial charge in [-0.1, -0.05) is 6.07 Å². The van der Waals surface area contributed by atoms with Crippen molar-refractivity contribution in [1.29, 1.82) is 0 Å². The minimum atomic E-state index is -0.325. The summed E-state index contributed by atoms with van der Waals surface area (Å²) >= 11 is 0. The molecule has 1 aromatic carbocycles. The summed E-state index contributed by atoms with van der Waals surface area (Å²) < 4.78 is 0. The molecule has 3 heteroatoms. The molecule has 2 N–H and O–H groups in total. The van der Waals surface area contributed by atoms with E-state index in [1.807, 2.05) is 20.2 Å². The predicted molar refractivity (Wildman–Crippen MR) is 65.7 cm³/mol. The molecule has 3 nitrogen and oxygen atoms in total. The lowest BCUT2D eigenvalue weighted by atomic mass is 10.1. The van der Waals surface area contributed by atoms with E-state index in [-0.39, 0.29) is 6.10 Å². The average molecular weight is 208 g/mol. The second-order valence-electron chi connectivity index (χ2n) is 4.13. The van der Waals surface area contributed by atoms with Crippen LogP contribution in [0.5, 0.6) is 0 Å². The van der Waals surface area contributed by atoms with Crippen molar-refractivity contribution in [3.63, 3.8) is 0 Å². The third-order valence-corrected chi connectivity index (χ3v) is 2.29. The van der Waals surface area contributed by atoms with Gasteiger partial charge in [-0.3, -0.25) is 0 Å². The number of hydrogen-bond acceptors (Lipinski definition) is 3. The lowest BCUT2D eigenvalue weighted by Crippen LogP contribution is -2.16. The molecule has 1 atom stereocenters. The summed E-state index contributed by atoms with van der Waals surface area (Å²) in [5.41, 5.74) is 3.50. The Hall–Kier alpha value is -1.22. The van der Waals surface area contributed by atoms with Crippen molar-refractivity contribution in [2.75, 3.05) is 30.9 Å². The first-order valence-corrected chi connectivity index (χ1v) is 5.20. The highest BCUT2D eigenvalue weighted by atomic mass is 16.3. The summed E-state index contributed by atoms with van der Waals surface area (Å²) in [5.74, 6) is 0. The standard InChI is InChI=1S/C12H20N2O/c1-9-5-6-11(13-8-10(2)15)7-12(9)14(3)4/h5-7,10,13,15H,8H2,1-4H3/t10-/m1/s1. The van der Waals surface area contributed by atoms with E-state index in [0.29, 0.717) is 6.54 Å². The highest BCUT2D eigenvalue weighted by molar-refractivity contribution is 5.61. The minimum absolute atomic E-state index is 0.325. The number of benzene rings is 1. The van der Waals surface area contributed by atoms with Gasteiger partial charge in [-0.2, -0.15) is 0 Å². The molecule has 0 radical (unpaired) electrons. The average Bonchev–Trinajstić information content (AvgIpc) is 2.16. The molecule has 0 bridgehead atoms. The largest absolute Gasteiger partial charge is 0.392 e. The van der Waals surface area contributed by atoms with Crippen molar-refractivity contribution in [1.82, 2.24) is 0 Å².